The minimum absolute atomic E-state index is 0.273. The highest BCUT2D eigenvalue weighted by Gasteiger charge is 2.52. The molecule has 0 aromatic rings. The highest BCUT2D eigenvalue weighted by molar-refractivity contribution is 6.79. The van der Waals surface area contributed by atoms with E-state index in [9.17, 15) is 4.39 Å². The van der Waals surface area contributed by atoms with Crippen molar-refractivity contribution < 1.29 is 30.9 Å². The zero-order valence-electron chi connectivity index (χ0n) is 17.5. The van der Waals surface area contributed by atoms with Crippen LogP contribution in [-0.4, -0.2) is 75.0 Å². The molecular formula is C18H31FO6Si3. The molecule has 0 aliphatic heterocycles. The van der Waals surface area contributed by atoms with Crippen molar-refractivity contribution in [2.45, 2.75) is 30.0 Å². The summed E-state index contributed by atoms with van der Waals surface area (Å²) in [5.74, 6) is 0. The molecule has 0 aliphatic carbocycles. The fraction of sp³-hybridized carbons (Fsp3) is 0.667. The Morgan fingerprint density at radius 1 is 0.714 bits per heavy atom. The Hall–Kier alpha value is -0.979. The normalized spacial score (nSPS) is 14.6. The summed E-state index contributed by atoms with van der Waals surface area (Å²) < 4.78 is 47.2. The maximum Gasteiger partial charge on any atom is 0.428 e. The van der Waals surface area contributed by atoms with Crippen LogP contribution >= 0.6 is 0 Å². The minimum atomic E-state index is -3.22. The van der Waals surface area contributed by atoms with Crippen LogP contribution in [0.3, 0.4) is 0 Å². The maximum absolute atomic E-state index is 14.0. The number of rotatable bonds is 14. The van der Waals surface area contributed by atoms with E-state index >= 15 is 0 Å². The quantitative estimate of drug-likeness (QED) is 0.301. The van der Waals surface area contributed by atoms with E-state index in [1.807, 2.05) is 0 Å². The van der Waals surface area contributed by atoms with Gasteiger partial charge < -0.3 is 26.6 Å². The van der Waals surface area contributed by atoms with Crippen molar-refractivity contribution in [1.29, 1.82) is 0 Å². The largest absolute Gasteiger partial charge is 0.428 e. The molecule has 2 atom stereocenters. The molecule has 10 heteroatoms. The van der Waals surface area contributed by atoms with Crippen LogP contribution in [0.1, 0.15) is 12.8 Å². The Bertz CT molecular complexity index is 586. The maximum atomic E-state index is 14.0. The van der Waals surface area contributed by atoms with Crippen molar-refractivity contribution in [3.05, 3.63) is 0 Å². The van der Waals surface area contributed by atoms with Gasteiger partial charge in [-0.3, -0.25) is 4.39 Å². The number of terminal acetylenes is 3. The average molecular weight is 447 g/mol. The topological polar surface area (TPSA) is 55.4 Å². The molecule has 0 spiro atoms. The fourth-order valence-corrected chi connectivity index (χ4v) is 10.0. The molecule has 6 nitrogen and oxygen atoms in total. The van der Waals surface area contributed by atoms with Crippen molar-refractivity contribution in [3.63, 3.8) is 0 Å². The van der Waals surface area contributed by atoms with Gasteiger partial charge in [0.05, 0.1) is 6.67 Å². The van der Waals surface area contributed by atoms with E-state index < -0.39 is 37.9 Å². The molecule has 0 aliphatic rings. The molecule has 0 saturated carbocycles. The molecule has 0 bridgehead atoms. The van der Waals surface area contributed by atoms with Crippen LogP contribution in [0.15, 0.2) is 0 Å². The predicted octanol–water partition coefficient (Wildman–Crippen LogP) is 2.20. The van der Waals surface area contributed by atoms with Gasteiger partial charge >= 0.3 is 25.7 Å². The van der Waals surface area contributed by atoms with Crippen molar-refractivity contribution in [2.75, 3.05) is 49.3 Å². The SMILES string of the molecule is C#C[Si](CCC(CC(CF)[Si](C#C)(OC)OC)[Si](C#C)(OC)OC)(OC)OC. The van der Waals surface area contributed by atoms with Crippen LogP contribution in [0.5, 0.6) is 0 Å². The summed E-state index contributed by atoms with van der Waals surface area (Å²) in [7, 11) is -0.338. The molecule has 0 amide bonds. The second-order valence-electron chi connectivity index (χ2n) is 6.07. The standard InChI is InChI=1S/C18H31FO6Si3/c1-10-26(20-4,21-5)14-13-17(27(11-2,22-6)23-7)15-18(16-19)28(12-3,24-8)25-9/h1-3,17-18H,13-16H2,4-9H3. The van der Waals surface area contributed by atoms with E-state index in [-0.39, 0.29) is 12.0 Å². The smallest absolute Gasteiger partial charge is 0.389 e. The first-order valence-corrected chi connectivity index (χ1v) is 14.4. The van der Waals surface area contributed by atoms with Crippen LogP contribution in [0, 0.1) is 35.9 Å². The average Bonchev–Trinajstić information content (AvgIpc) is 2.76. The summed E-state index contributed by atoms with van der Waals surface area (Å²) in [5, 5.41) is 0. The number of hydrogen-bond donors (Lipinski definition) is 0. The zero-order chi connectivity index (χ0) is 21.8. The second kappa shape index (κ2) is 12.6. The summed E-state index contributed by atoms with van der Waals surface area (Å²) in [4.78, 5) is 0. The van der Waals surface area contributed by atoms with E-state index in [0.717, 1.165) is 0 Å². The molecule has 2 unspecified atom stereocenters. The molecule has 0 aromatic heterocycles. The first kappa shape index (κ1) is 27.0. The number of alkyl halides is 1. The Labute approximate surface area is 172 Å². The number of hydrogen-bond acceptors (Lipinski definition) is 6. The molecule has 28 heavy (non-hydrogen) atoms. The fourth-order valence-electron chi connectivity index (χ4n) is 3.27. The minimum Gasteiger partial charge on any atom is -0.389 e. The van der Waals surface area contributed by atoms with Gasteiger partial charge in [-0.05, 0) is 12.8 Å². The Balaban J connectivity index is 5.97. The highest BCUT2D eigenvalue weighted by Crippen LogP contribution is 2.41. The third-order valence-electron chi connectivity index (χ3n) is 5.15. The summed E-state index contributed by atoms with van der Waals surface area (Å²) >= 11 is 0. The lowest BCUT2D eigenvalue weighted by Gasteiger charge is -2.36. The first-order valence-electron chi connectivity index (χ1n) is 8.62. The van der Waals surface area contributed by atoms with Gasteiger partial charge in [-0.1, -0.05) is 16.6 Å². The summed E-state index contributed by atoms with van der Waals surface area (Å²) in [6.45, 7) is -0.719. The van der Waals surface area contributed by atoms with Crippen molar-refractivity contribution in [3.8, 4) is 35.9 Å². The van der Waals surface area contributed by atoms with E-state index in [1.165, 1.54) is 42.7 Å². The van der Waals surface area contributed by atoms with E-state index in [1.54, 1.807) is 0 Å². The molecule has 0 saturated heterocycles. The molecule has 0 radical (unpaired) electrons. The monoisotopic (exact) mass is 446 g/mol. The van der Waals surface area contributed by atoms with Crippen LogP contribution in [-0.2, 0) is 26.6 Å². The molecule has 0 rings (SSSR count). The highest BCUT2D eigenvalue weighted by atomic mass is 28.4. The number of halogens is 1. The van der Waals surface area contributed by atoms with Crippen LogP contribution in [0.2, 0.25) is 17.1 Å². The zero-order valence-corrected chi connectivity index (χ0v) is 20.5. The lowest BCUT2D eigenvalue weighted by molar-refractivity contribution is 0.216. The third kappa shape index (κ3) is 5.77. The first-order chi connectivity index (χ1) is 13.3. The van der Waals surface area contributed by atoms with Gasteiger partial charge in [-0.25, -0.2) is 0 Å². The molecule has 0 N–H and O–H groups in total. The summed E-state index contributed by atoms with van der Waals surface area (Å²) in [6, 6.07) is 0.438. The van der Waals surface area contributed by atoms with Gasteiger partial charge in [0.15, 0.2) is 0 Å². The van der Waals surface area contributed by atoms with Crippen LogP contribution in [0.25, 0.3) is 0 Å². The van der Waals surface area contributed by atoms with Gasteiger partial charge in [0, 0.05) is 59.8 Å². The molecular weight excluding hydrogens is 415 g/mol. The Morgan fingerprint density at radius 3 is 1.43 bits per heavy atom. The van der Waals surface area contributed by atoms with Crippen LogP contribution in [0.4, 0.5) is 4.39 Å². The van der Waals surface area contributed by atoms with Crippen LogP contribution < -0.4 is 0 Å². The lowest BCUT2D eigenvalue weighted by atomic mass is 10.2. The molecule has 0 fully saturated rings. The Morgan fingerprint density at radius 2 is 1.14 bits per heavy atom. The summed E-state index contributed by atoms with van der Waals surface area (Å²) in [5.41, 5.74) is 6.87. The van der Waals surface area contributed by atoms with Crippen molar-refractivity contribution in [1.82, 2.24) is 0 Å². The van der Waals surface area contributed by atoms with Gasteiger partial charge in [0.2, 0.25) is 0 Å². The third-order valence-corrected chi connectivity index (χ3v) is 14.1. The van der Waals surface area contributed by atoms with Crippen molar-refractivity contribution >= 4 is 25.7 Å². The summed E-state index contributed by atoms with van der Waals surface area (Å²) in [6.07, 6.45) is 17.8. The van der Waals surface area contributed by atoms with Crippen molar-refractivity contribution in [2.24, 2.45) is 0 Å². The second-order valence-corrected chi connectivity index (χ2v) is 15.7. The predicted molar refractivity (Wildman–Crippen MR) is 113 cm³/mol. The Kier molecular flexibility index (Phi) is 12.1. The molecule has 158 valence electrons. The molecule has 0 heterocycles. The van der Waals surface area contributed by atoms with E-state index in [4.69, 9.17) is 45.8 Å². The van der Waals surface area contributed by atoms with E-state index in [0.29, 0.717) is 12.5 Å². The molecule has 0 aromatic carbocycles. The van der Waals surface area contributed by atoms with Gasteiger partial charge in [0.25, 0.3) is 0 Å². The van der Waals surface area contributed by atoms with E-state index in [2.05, 4.69) is 16.6 Å². The van der Waals surface area contributed by atoms with Gasteiger partial charge in [-0.15, -0.1) is 19.3 Å². The van der Waals surface area contributed by atoms with Gasteiger partial charge in [0.1, 0.15) is 0 Å². The van der Waals surface area contributed by atoms with Gasteiger partial charge in [-0.2, -0.15) is 0 Å². The lowest BCUT2D eigenvalue weighted by Crippen LogP contribution is -2.50.